The van der Waals surface area contributed by atoms with E-state index in [4.69, 9.17) is 0 Å². The van der Waals surface area contributed by atoms with Crippen molar-refractivity contribution in [1.29, 1.82) is 0 Å². The summed E-state index contributed by atoms with van der Waals surface area (Å²) < 4.78 is 2.00. The van der Waals surface area contributed by atoms with Gasteiger partial charge in [0.2, 0.25) is 25.3 Å². The molecule has 18 heavy (non-hydrogen) atoms. The fourth-order valence-corrected chi connectivity index (χ4v) is 3.29. The van der Waals surface area contributed by atoms with E-state index in [0.29, 0.717) is 13.1 Å². The Morgan fingerprint density at radius 2 is 2.22 bits per heavy atom. The molecule has 3 rings (SSSR count). The van der Waals surface area contributed by atoms with E-state index in [1.165, 1.54) is 12.4 Å². The van der Waals surface area contributed by atoms with Crippen molar-refractivity contribution in [2.24, 2.45) is 16.3 Å². The van der Waals surface area contributed by atoms with Crippen LogP contribution in [0.4, 0.5) is 0 Å². The van der Waals surface area contributed by atoms with Crippen molar-refractivity contribution in [3.05, 3.63) is 46.5 Å². The average Bonchev–Trinajstić information content (AvgIpc) is 2.44. The van der Waals surface area contributed by atoms with Crippen LogP contribution in [0.2, 0.25) is 0 Å². The molecule has 0 N–H and O–H groups in total. The maximum absolute atomic E-state index is 12.2. The van der Waals surface area contributed by atoms with E-state index in [2.05, 4.69) is 4.99 Å². The SMILES string of the molecule is CC1C[N+](=O)CC23C=CC=CC2=NC=C[N+](=O)C13. The van der Waals surface area contributed by atoms with Crippen LogP contribution in [0.1, 0.15) is 6.92 Å². The summed E-state index contributed by atoms with van der Waals surface area (Å²) in [5.74, 6) is -0.00199. The molecule has 3 aliphatic rings. The van der Waals surface area contributed by atoms with Crippen LogP contribution in [0.15, 0.2) is 41.7 Å². The summed E-state index contributed by atoms with van der Waals surface area (Å²) in [7, 11) is 0. The van der Waals surface area contributed by atoms with Gasteiger partial charge >= 0.3 is 0 Å². The topological polar surface area (TPSA) is 52.5 Å². The molecule has 2 heterocycles. The molecule has 0 amide bonds. The molecule has 0 aromatic carbocycles. The monoisotopic (exact) mass is 245 g/mol. The molecular formula is C13H15N3O2+2. The van der Waals surface area contributed by atoms with E-state index >= 15 is 0 Å². The van der Waals surface area contributed by atoms with Crippen LogP contribution in [0, 0.1) is 21.1 Å². The molecule has 1 fully saturated rings. The summed E-state index contributed by atoms with van der Waals surface area (Å²) in [6.45, 7) is 2.64. The Bertz CT molecular complexity index is 544. The van der Waals surface area contributed by atoms with Crippen LogP contribution >= 0.6 is 0 Å². The third-order valence-corrected chi connectivity index (χ3v) is 3.93. The molecule has 0 bridgehead atoms. The largest absolute Gasteiger partial charge is 0.253 e. The number of piperidine rings is 1. The van der Waals surface area contributed by atoms with Gasteiger partial charge in [-0.25, -0.2) is 0 Å². The third kappa shape index (κ3) is 1.43. The second-order valence-electron chi connectivity index (χ2n) is 5.18. The first-order chi connectivity index (χ1) is 8.63. The number of allylic oxidation sites excluding steroid dienone is 3. The van der Waals surface area contributed by atoms with Crippen molar-refractivity contribution < 1.29 is 9.52 Å². The van der Waals surface area contributed by atoms with E-state index in [-0.39, 0.29) is 12.0 Å². The molecule has 0 saturated carbocycles. The Hall–Kier alpha value is -1.91. The van der Waals surface area contributed by atoms with Gasteiger partial charge in [0.25, 0.3) is 0 Å². The van der Waals surface area contributed by atoms with E-state index in [9.17, 15) is 9.81 Å². The molecule has 0 radical (unpaired) electrons. The highest BCUT2D eigenvalue weighted by atomic mass is 16.3. The fraction of sp³-hybridized carbons (Fsp3) is 0.462. The minimum absolute atomic E-state index is 0.00199. The lowest BCUT2D eigenvalue weighted by molar-refractivity contribution is -0.630. The first-order valence-electron chi connectivity index (χ1n) is 6.12. The van der Waals surface area contributed by atoms with Crippen molar-refractivity contribution in [3.63, 3.8) is 0 Å². The number of hydrogen-bond donors (Lipinski definition) is 0. The van der Waals surface area contributed by atoms with Gasteiger partial charge in [-0.1, -0.05) is 18.2 Å². The van der Waals surface area contributed by atoms with Gasteiger partial charge in [-0.15, -0.1) is 0 Å². The van der Waals surface area contributed by atoms with Crippen molar-refractivity contribution >= 4 is 5.71 Å². The molecular weight excluding hydrogens is 230 g/mol. The highest BCUT2D eigenvalue weighted by Crippen LogP contribution is 2.40. The van der Waals surface area contributed by atoms with Crippen LogP contribution in [-0.2, 0) is 0 Å². The second kappa shape index (κ2) is 3.80. The van der Waals surface area contributed by atoms with Crippen molar-refractivity contribution in [2.75, 3.05) is 13.1 Å². The summed E-state index contributed by atoms with van der Waals surface area (Å²) in [5.41, 5.74) is 0.219. The molecule has 1 aliphatic carbocycles. The fourth-order valence-electron chi connectivity index (χ4n) is 3.29. The molecule has 1 saturated heterocycles. The van der Waals surface area contributed by atoms with E-state index in [1.54, 1.807) is 0 Å². The van der Waals surface area contributed by atoms with Crippen molar-refractivity contribution in [2.45, 2.75) is 13.0 Å². The Morgan fingerprint density at radius 3 is 3.06 bits per heavy atom. The van der Waals surface area contributed by atoms with Gasteiger partial charge in [-0.2, -0.15) is 0 Å². The van der Waals surface area contributed by atoms with Crippen LogP contribution in [-0.4, -0.2) is 34.4 Å². The predicted molar refractivity (Wildman–Crippen MR) is 67.2 cm³/mol. The summed E-state index contributed by atoms with van der Waals surface area (Å²) in [4.78, 5) is 28.4. The number of rotatable bonds is 0. The molecule has 5 heteroatoms. The highest BCUT2D eigenvalue weighted by molar-refractivity contribution is 6.03. The lowest BCUT2D eigenvalue weighted by Gasteiger charge is -2.34. The minimum atomic E-state index is -0.584. The van der Waals surface area contributed by atoms with E-state index in [1.807, 2.05) is 31.2 Å². The summed E-state index contributed by atoms with van der Waals surface area (Å²) in [6, 6.07) is -0.263. The van der Waals surface area contributed by atoms with E-state index < -0.39 is 5.41 Å². The number of hydrogen-bond acceptors (Lipinski definition) is 3. The molecule has 3 atom stereocenters. The lowest BCUT2D eigenvalue weighted by atomic mass is 9.67. The van der Waals surface area contributed by atoms with Gasteiger partial charge in [0, 0.05) is 19.3 Å². The molecule has 2 aliphatic heterocycles. The Morgan fingerprint density at radius 1 is 1.39 bits per heavy atom. The first kappa shape index (κ1) is 11.2. The molecule has 0 aromatic rings. The van der Waals surface area contributed by atoms with Gasteiger partial charge < -0.3 is 0 Å². The number of aliphatic imine (C=N–C) groups is 1. The summed E-state index contributed by atoms with van der Waals surface area (Å²) in [5, 5.41) is 0. The van der Waals surface area contributed by atoms with Crippen LogP contribution in [0.25, 0.3) is 0 Å². The standard InChI is InChI=1S/C13H15N3O2/c1-10-8-15(17)9-13-5-3-2-4-11(13)14-6-7-16(18)12(10)13/h2-7,10,12H,8-9H2,1H3/q+2. The normalized spacial score (nSPS) is 37.9. The second-order valence-corrected chi connectivity index (χ2v) is 5.18. The smallest absolute Gasteiger partial charge is 0.239 e. The van der Waals surface area contributed by atoms with Gasteiger partial charge in [-0.3, -0.25) is 4.99 Å². The van der Waals surface area contributed by atoms with Crippen molar-refractivity contribution in [1.82, 2.24) is 0 Å². The Kier molecular flexibility index (Phi) is 2.36. The Balaban J connectivity index is 2.19. The zero-order valence-electron chi connectivity index (χ0n) is 10.2. The van der Waals surface area contributed by atoms with Gasteiger partial charge in [0.05, 0.1) is 17.8 Å². The molecule has 1 spiro atoms. The highest BCUT2D eigenvalue weighted by Gasteiger charge is 2.61. The minimum Gasteiger partial charge on any atom is -0.253 e. The van der Waals surface area contributed by atoms with Gasteiger partial charge in [0.15, 0.2) is 5.41 Å². The first-order valence-corrected chi connectivity index (χ1v) is 6.12. The van der Waals surface area contributed by atoms with Gasteiger partial charge in [-0.05, 0) is 13.0 Å². The van der Waals surface area contributed by atoms with E-state index in [0.717, 1.165) is 15.2 Å². The van der Waals surface area contributed by atoms with Crippen LogP contribution in [0.5, 0.6) is 0 Å². The summed E-state index contributed by atoms with van der Waals surface area (Å²) in [6.07, 6.45) is 10.6. The van der Waals surface area contributed by atoms with Crippen molar-refractivity contribution in [3.8, 4) is 0 Å². The zero-order valence-corrected chi connectivity index (χ0v) is 10.2. The lowest BCUT2D eigenvalue weighted by Crippen LogP contribution is -2.58. The average molecular weight is 245 g/mol. The quantitative estimate of drug-likeness (QED) is 0.609. The summed E-state index contributed by atoms with van der Waals surface area (Å²) >= 11 is 0. The molecule has 0 aromatic heterocycles. The van der Waals surface area contributed by atoms with Crippen LogP contribution in [0.3, 0.4) is 0 Å². The third-order valence-electron chi connectivity index (χ3n) is 3.93. The maximum Gasteiger partial charge on any atom is 0.239 e. The number of nitrogens with zero attached hydrogens (tertiary/aromatic N) is 3. The molecule has 92 valence electrons. The zero-order chi connectivity index (χ0) is 12.8. The predicted octanol–water partition coefficient (Wildman–Crippen LogP) is 1.60. The van der Waals surface area contributed by atoms with Gasteiger partial charge in [0.1, 0.15) is 0 Å². The maximum atomic E-state index is 12.2. The molecule has 3 unspecified atom stereocenters. The Labute approximate surface area is 105 Å². The molecule has 5 nitrogen and oxygen atoms in total. The van der Waals surface area contributed by atoms with Crippen LogP contribution < -0.4 is 0 Å². The number of nitroso groups, excluding NO2 is 2.